The summed E-state index contributed by atoms with van der Waals surface area (Å²) in [5, 5.41) is 9.38. The Hall–Kier alpha value is -0.790. The molecule has 0 fully saturated rings. The molecule has 0 unspecified atom stereocenters. The van der Waals surface area contributed by atoms with Gasteiger partial charge in [-0.2, -0.15) is 0 Å². The van der Waals surface area contributed by atoms with E-state index in [1.807, 2.05) is 24.3 Å². The van der Waals surface area contributed by atoms with Crippen LogP contribution < -0.4 is 0 Å². The molecule has 0 radical (unpaired) electrons. The van der Waals surface area contributed by atoms with Gasteiger partial charge in [0, 0.05) is 11.6 Å². The van der Waals surface area contributed by atoms with Gasteiger partial charge in [-0.05, 0) is 29.7 Å². The molecule has 12 heavy (non-hydrogen) atoms. The zero-order chi connectivity index (χ0) is 8.97. The summed E-state index contributed by atoms with van der Waals surface area (Å²) in [4.78, 5) is 0. The molecular formula is C10H11ClO. The average molecular weight is 183 g/mol. The standard InChI is InChI=1S/C10H11ClO/c1-8(6-7-12)9-2-4-10(11)5-3-9/h2-5,12H,1,6-7H2. The number of aliphatic hydroxyl groups is 1. The third kappa shape index (κ3) is 2.36. The second-order valence-corrected chi connectivity index (χ2v) is 3.02. The molecular weight excluding hydrogens is 172 g/mol. The molecule has 0 heterocycles. The van der Waals surface area contributed by atoms with Gasteiger partial charge < -0.3 is 5.11 Å². The van der Waals surface area contributed by atoms with Crippen LogP contribution in [0.1, 0.15) is 12.0 Å². The summed E-state index contributed by atoms with van der Waals surface area (Å²) >= 11 is 5.71. The fourth-order valence-corrected chi connectivity index (χ4v) is 1.09. The van der Waals surface area contributed by atoms with Gasteiger partial charge >= 0.3 is 0 Å². The number of hydrogen-bond donors (Lipinski definition) is 1. The van der Waals surface area contributed by atoms with E-state index in [-0.39, 0.29) is 6.61 Å². The molecule has 0 spiro atoms. The molecule has 0 aliphatic carbocycles. The number of benzene rings is 1. The van der Waals surface area contributed by atoms with Gasteiger partial charge in [0.15, 0.2) is 0 Å². The lowest BCUT2D eigenvalue weighted by Gasteiger charge is -2.02. The largest absolute Gasteiger partial charge is 0.396 e. The van der Waals surface area contributed by atoms with Crippen LogP contribution in [0.5, 0.6) is 0 Å². The number of aliphatic hydroxyl groups excluding tert-OH is 1. The summed E-state index contributed by atoms with van der Waals surface area (Å²) < 4.78 is 0. The van der Waals surface area contributed by atoms with Crippen molar-refractivity contribution in [3.63, 3.8) is 0 Å². The van der Waals surface area contributed by atoms with Crippen molar-refractivity contribution in [1.82, 2.24) is 0 Å². The van der Waals surface area contributed by atoms with Crippen LogP contribution in [0.4, 0.5) is 0 Å². The fraction of sp³-hybridized carbons (Fsp3) is 0.200. The molecule has 0 saturated carbocycles. The van der Waals surface area contributed by atoms with Gasteiger partial charge in [0.1, 0.15) is 0 Å². The molecule has 1 N–H and O–H groups in total. The monoisotopic (exact) mass is 182 g/mol. The van der Waals surface area contributed by atoms with Crippen LogP contribution >= 0.6 is 11.6 Å². The zero-order valence-electron chi connectivity index (χ0n) is 6.76. The van der Waals surface area contributed by atoms with Crippen molar-refractivity contribution in [3.05, 3.63) is 41.4 Å². The lowest BCUT2D eigenvalue weighted by atomic mass is 10.1. The Bertz CT molecular complexity index is 264. The molecule has 0 aliphatic rings. The summed E-state index contributed by atoms with van der Waals surface area (Å²) in [5.74, 6) is 0. The number of hydrogen-bond acceptors (Lipinski definition) is 1. The molecule has 0 saturated heterocycles. The van der Waals surface area contributed by atoms with Crippen LogP contribution in [-0.2, 0) is 0 Å². The smallest absolute Gasteiger partial charge is 0.0471 e. The first-order chi connectivity index (χ1) is 5.74. The predicted molar refractivity (Wildman–Crippen MR) is 52.2 cm³/mol. The van der Waals surface area contributed by atoms with E-state index >= 15 is 0 Å². The Kier molecular flexibility index (Phi) is 3.32. The minimum Gasteiger partial charge on any atom is -0.396 e. The first-order valence-electron chi connectivity index (χ1n) is 3.78. The molecule has 0 bridgehead atoms. The lowest BCUT2D eigenvalue weighted by molar-refractivity contribution is 0.305. The minimum absolute atomic E-state index is 0.140. The van der Waals surface area contributed by atoms with Gasteiger partial charge in [-0.25, -0.2) is 0 Å². The molecule has 64 valence electrons. The first-order valence-corrected chi connectivity index (χ1v) is 4.16. The third-order valence-corrected chi connectivity index (χ3v) is 1.92. The van der Waals surface area contributed by atoms with E-state index in [1.165, 1.54) is 0 Å². The van der Waals surface area contributed by atoms with Gasteiger partial charge in [0.25, 0.3) is 0 Å². The van der Waals surface area contributed by atoms with Crippen molar-refractivity contribution in [2.45, 2.75) is 6.42 Å². The summed E-state index contributed by atoms with van der Waals surface area (Å²) in [5.41, 5.74) is 1.97. The van der Waals surface area contributed by atoms with E-state index in [0.29, 0.717) is 6.42 Å². The minimum atomic E-state index is 0.140. The highest BCUT2D eigenvalue weighted by Crippen LogP contribution is 2.17. The highest BCUT2D eigenvalue weighted by Gasteiger charge is 1.96. The third-order valence-electron chi connectivity index (χ3n) is 1.67. The Morgan fingerprint density at radius 3 is 2.42 bits per heavy atom. The first kappa shape index (κ1) is 9.30. The fourth-order valence-electron chi connectivity index (χ4n) is 0.965. The van der Waals surface area contributed by atoms with Crippen LogP contribution in [0, 0.1) is 0 Å². The van der Waals surface area contributed by atoms with Crippen molar-refractivity contribution in [3.8, 4) is 0 Å². The molecule has 1 rings (SSSR count). The van der Waals surface area contributed by atoms with Crippen LogP contribution in [0.15, 0.2) is 30.8 Å². The Morgan fingerprint density at radius 1 is 1.33 bits per heavy atom. The van der Waals surface area contributed by atoms with E-state index in [1.54, 1.807) is 0 Å². The molecule has 2 heteroatoms. The molecule has 1 aromatic carbocycles. The van der Waals surface area contributed by atoms with Crippen molar-refractivity contribution in [1.29, 1.82) is 0 Å². The molecule has 0 aliphatic heterocycles. The van der Waals surface area contributed by atoms with Crippen LogP contribution in [-0.4, -0.2) is 11.7 Å². The van der Waals surface area contributed by atoms with E-state index in [0.717, 1.165) is 16.2 Å². The highest BCUT2D eigenvalue weighted by molar-refractivity contribution is 6.30. The maximum atomic E-state index is 8.67. The zero-order valence-corrected chi connectivity index (χ0v) is 7.51. The van der Waals surface area contributed by atoms with E-state index in [2.05, 4.69) is 6.58 Å². The maximum absolute atomic E-state index is 8.67. The van der Waals surface area contributed by atoms with Crippen LogP contribution in [0.25, 0.3) is 5.57 Å². The van der Waals surface area contributed by atoms with Gasteiger partial charge in [-0.3, -0.25) is 0 Å². The quantitative estimate of drug-likeness (QED) is 0.762. The van der Waals surface area contributed by atoms with Gasteiger partial charge in [-0.15, -0.1) is 0 Å². The summed E-state index contributed by atoms with van der Waals surface area (Å²) in [7, 11) is 0. The van der Waals surface area contributed by atoms with Crippen molar-refractivity contribution in [2.24, 2.45) is 0 Å². The second kappa shape index (κ2) is 4.29. The van der Waals surface area contributed by atoms with Gasteiger partial charge in [0.05, 0.1) is 0 Å². The van der Waals surface area contributed by atoms with Gasteiger partial charge in [0.2, 0.25) is 0 Å². The Morgan fingerprint density at radius 2 is 1.92 bits per heavy atom. The van der Waals surface area contributed by atoms with Gasteiger partial charge in [-0.1, -0.05) is 30.3 Å². The molecule has 0 amide bonds. The van der Waals surface area contributed by atoms with Crippen molar-refractivity contribution in [2.75, 3.05) is 6.61 Å². The SMILES string of the molecule is C=C(CCO)c1ccc(Cl)cc1. The maximum Gasteiger partial charge on any atom is 0.0471 e. The summed E-state index contributed by atoms with van der Waals surface area (Å²) in [6, 6.07) is 7.44. The van der Waals surface area contributed by atoms with E-state index in [4.69, 9.17) is 16.7 Å². The molecule has 1 nitrogen and oxygen atoms in total. The number of halogens is 1. The van der Waals surface area contributed by atoms with Crippen LogP contribution in [0.2, 0.25) is 5.02 Å². The summed E-state index contributed by atoms with van der Waals surface area (Å²) in [6.07, 6.45) is 0.613. The molecule has 1 aromatic rings. The van der Waals surface area contributed by atoms with Crippen LogP contribution in [0.3, 0.4) is 0 Å². The Labute approximate surface area is 77.3 Å². The molecule has 0 aromatic heterocycles. The molecule has 0 atom stereocenters. The van der Waals surface area contributed by atoms with E-state index in [9.17, 15) is 0 Å². The van der Waals surface area contributed by atoms with Crippen molar-refractivity contribution >= 4 is 17.2 Å². The van der Waals surface area contributed by atoms with Crippen molar-refractivity contribution < 1.29 is 5.11 Å². The lowest BCUT2D eigenvalue weighted by Crippen LogP contribution is -1.86. The second-order valence-electron chi connectivity index (χ2n) is 2.58. The number of rotatable bonds is 3. The Balaban J connectivity index is 2.75. The summed E-state index contributed by atoms with van der Waals surface area (Å²) in [6.45, 7) is 3.98. The topological polar surface area (TPSA) is 20.2 Å². The predicted octanol–water partition coefficient (Wildman–Crippen LogP) is 2.74. The normalized spacial score (nSPS) is 9.83. The van der Waals surface area contributed by atoms with E-state index < -0.39 is 0 Å². The average Bonchev–Trinajstić information content (AvgIpc) is 2.06. The highest BCUT2D eigenvalue weighted by atomic mass is 35.5.